The Morgan fingerprint density at radius 2 is 2.33 bits per heavy atom. The van der Waals surface area contributed by atoms with Gasteiger partial charge >= 0.3 is 11.5 Å². The molecule has 6 nitrogen and oxygen atoms in total. The molecular weight excluding hydrogens is 309 g/mol. The summed E-state index contributed by atoms with van der Waals surface area (Å²) in [7, 11) is 1.23. The van der Waals surface area contributed by atoms with Gasteiger partial charge in [-0.15, -0.1) is 5.10 Å². The number of nitrogens with zero attached hydrogens (tertiary/aromatic N) is 3. The van der Waals surface area contributed by atoms with Gasteiger partial charge in [0.2, 0.25) is 0 Å². The fraction of sp³-hybridized carbons (Fsp3) is 0.727. The van der Waals surface area contributed by atoms with Crippen molar-refractivity contribution in [1.82, 2.24) is 20.3 Å². The SMILES string of the molecule is COC(=O)c1nnn(CCSC(F)(F)F)c1C1CCCN1. The number of hydrogen-bond acceptors (Lipinski definition) is 6. The van der Waals surface area contributed by atoms with Gasteiger partial charge in [0.15, 0.2) is 5.69 Å². The van der Waals surface area contributed by atoms with Crippen LogP contribution in [0.15, 0.2) is 0 Å². The van der Waals surface area contributed by atoms with Gasteiger partial charge in [0.05, 0.1) is 25.4 Å². The van der Waals surface area contributed by atoms with E-state index in [1.807, 2.05) is 0 Å². The molecule has 1 aromatic heterocycles. The quantitative estimate of drug-likeness (QED) is 0.832. The van der Waals surface area contributed by atoms with Crippen LogP contribution in [0, 0.1) is 0 Å². The molecule has 0 radical (unpaired) electrons. The van der Waals surface area contributed by atoms with Crippen molar-refractivity contribution in [2.75, 3.05) is 19.4 Å². The number of alkyl halides is 3. The summed E-state index contributed by atoms with van der Waals surface area (Å²) in [6.07, 6.45) is 1.71. The second kappa shape index (κ2) is 6.65. The highest BCUT2D eigenvalue weighted by molar-refractivity contribution is 8.00. The van der Waals surface area contributed by atoms with Crippen LogP contribution < -0.4 is 5.32 Å². The van der Waals surface area contributed by atoms with Crippen LogP contribution in [0.25, 0.3) is 0 Å². The van der Waals surface area contributed by atoms with E-state index in [0.717, 1.165) is 19.4 Å². The van der Waals surface area contributed by atoms with Crippen LogP contribution in [0.2, 0.25) is 0 Å². The Hall–Kier alpha value is -1.29. The zero-order chi connectivity index (χ0) is 15.5. The van der Waals surface area contributed by atoms with Gasteiger partial charge in [-0.2, -0.15) is 13.2 Å². The van der Waals surface area contributed by atoms with Crippen molar-refractivity contribution in [3.8, 4) is 0 Å². The van der Waals surface area contributed by atoms with Crippen LogP contribution in [0.3, 0.4) is 0 Å². The monoisotopic (exact) mass is 324 g/mol. The molecule has 1 atom stereocenters. The lowest BCUT2D eigenvalue weighted by Crippen LogP contribution is -2.21. The maximum absolute atomic E-state index is 12.2. The van der Waals surface area contributed by atoms with Crippen LogP contribution in [-0.4, -0.2) is 45.9 Å². The summed E-state index contributed by atoms with van der Waals surface area (Å²) in [6.45, 7) is 0.815. The third kappa shape index (κ3) is 4.10. The van der Waals surface area contributed by atoms with Crippen LogP contribution in [0.5, 0.6) is 0 Å². The molecule has 1 aliphatic rings. The number of hydrogen-bond donors (Lipinski definition) is 1. The lowest BCUT2D eigenvalue weighted by molar-refractivity contribution is -0.0328. The average molecular weight is 324 g/mol. The molecule has 2 rings (SSSR count). The standard InChI is InChI=1S/C11H15F3N4O2S/c1-20-10(19)8-9(7-3-2-4-15-7)18(17-16-8)5-6-21-11(12,13)14/h7,15H,2-6H2,1H3. The number of halogens is 3. The van der Waals surface area contributed by atoms with Gasteiger partial charge in [0.1, 0.15) is 0 Å². The molecule has 0 spiro atoms. The zero-order valence-corrected chi connectivity index (χ0v) is 12.1. The lowest BCUT2D eigenvalue weighted by atomic mass is 10.1. The first-order valence-corrected chi connectivity index (χ1v) is 7.36. The Morgan fingerprint density at radius 3 is 2.90 bits per heavy atom. The van der Waals surface area contributed by atoms with E-state index < -0.39 is 11.5 Å². The Bertz CT molecular complexity index is 500. The molecule has 0 amide bonds. The van der Waals surface area contributed by atoms with Crippen molar-refractivity contribution in [3.05, 3.63) is 11.4 Å². The highest BCUT2D eigenvalue weighted by Gasteiger charge is 2.31. The largest absolute Gasteiger partial charge is 0.464 e. The topological polar surface area (TPSA) is 69.0 Å². The third-order valence-electron chi connectivity index (χ3n) is 3.11. The number of rotatable bonds is 5. The van der Waals surface area contributed by atoms with E-state index in [0.29, 0.717) is 5.69 Å². The number of ether oxygens (including phenoxy) is 1. The summed E-state index contributed by atoms with van der Waals surface area (Å²) in [5.74, 6) is -0.818. The summed E-state index contributed by atoms with van der Waals surface area (Å²) in [5.41, 5.74) is -3.71. The maximum Gasteiger partial charge on any atom is 0.441 e. The molecule has 0 aromatic carbocycles. The molecular formula is C11H15F3N4O2S. The molecule has 0 aliphatic carbocycles. The van der Waals surface area contributed by atoms with Crippen molar-refractivity contribution >= 4 is 17.7 Å². The summed E-state index contributed by atoms with van der Waals surface area (Å²) >= 11 is -0.122. The van der Waals surface area contributed by atoms with Gasteiger partial charge in [-0.05, 0) is 31.1 Å². The minimum absolute atomic E-state index is 0.0294. The zero-order valence-electron chi connectivity index (χ0n) is 11.3. The number of carbonyl (C=O) groups excluding carboxylic acids is 1. The first-order valence-electron chi connectivity index (χ1n) is 6.38. The van der Waals surface area contributed by atoms with E-state index in [1.165, 1.54) is 11.8 Å². The highest BCUT2D eigenvalue weighted by Crippen LogP contribution is 2.31. The molecule has 2 heterocycles. The van der Waals surface area contributed by atoms with Crippen molar-refractivity contribution in [1.29, 1.82) is 0 Å². The second-order valence-corrected chi connectivity index (χ2v) is 5.64. The van der Waals surface area contributed by atoms with Gasteiger partial charge in [-0.3, -0.25) is 0 Å². The van der Waals surface area contributed by atoms with Gasteiger partial charge in [0, 0.05) is 5.75 Å². The summed E-state index contributed by atoms with van der Waals surface area (Å²) in [5, 5.41) is 10.7. The molecule has 21 heavy (non-hydrogen) atoms. The third-order valence-corrected chi connectivity index (χ3v) is 3.83. The first-order chi connectivity index (χ1) is 9.92. The van der Waals surface area contributed by atoms with Crippen LogP contribution in [-0.2, 0) is 11.3 Å². The van der Waals surface area contributed by atoms with Crippen LogP contribution in [0.4, 0.5) is 13.2 Å². The number of nitrogens with one attached hydrogen (secondary N) is 1. The molecule has 10 heteroatoms. The van der Waals surface area contributed by atoms with Gasteiger partial charge in [0.25, 0.3) is 0 Å². The van der Waals surface area contributed by atoms with Crippen molar-refractivity contribution < 1.29 is 22.7 Å². The Balaban J connectivity index is 2.16. The summed E-state index contributed by atoms with van der Waals surface area (Å²) in [6, 6.07) is -0.134. The molecule has 1 unspecified atom stereocenters. The van der Waals surface area contributed by atoms with E-state index in [2.05, 4.69) is 20.4 Å². The summed E-state index contributed by atoms with van der Waals surface area (Å²) < 4.78 is 42.5. The molecule has 1 saturated heterocycles. The predicted molar refractivity (Wildman–Crippen MR) is 69.9 cm³/mol. The van der Waals surface area contributed by atoms with Crippen molar-refractivity contribution in [3.63, 3.8) is 0 Å². The van der Waals surface area contributed by atoms with Crippen molar-refractivity contribution in [2.45, 2.75) is 30.9 Å². The van der Waals surface area contributed by atoms with Gasteiger partial charge < -0.3 is 10.1 Å². The molecule has 1 N–H and O–H groups in total. The Kier molecular flexibility index (Phi) is 5.09. The van der Waals surface area contributed by atoms with Gasteiger partial charge in [-0.25, -0.2) is 9.48 Å². The van der Waals surface area contributed by atoms with Crippen LogP contribution in [0.1, 0.15) is 35.1 Å². The van der Waals surface area contributed by atoms with Crippen molar-refractivity contribution in [2.24, 2.45) is 0 Å². The fourth-order valence-electron chi connectivity index (χ4n) is 2.24. The van der Waals surface area contributed by atoms with Crippen LogP contribution >= 0.6 is 11.8 Å². The molecule has 1 aliphatic heterocycles. The number of thioether (sulfide) groups is 1. The van der Waals surface area contributed by atoms with E-state index in [4.69, 9.17) is 0 Å². The number of esters is 1. The average Bonchev–Trinajstić information content (AvgIpc) is 3.04. The maximum atomic E-state index is 12.2. The highest BCUT2D eigenvalue weighted by atomic mass is 32.2. The fourth-order valence-corrected chi connectivity index (χ4v) is 2.73. The number of aryl methyl sites for hydroxylation is 1. The van der Waals surface area contributed by atoms with Gasteiger partial charge in [-0.1, -0.05) is 5.21 Å². The molecule has 118 valence electrons. The second-order valence-electron chi connectivity index (χ2n) is 4.48. The Morgan fingerprint density at radius 1 is 1.57 bits per heavy atom. The number of methoxy groups -OCH3 is 1. The normalized spacial score (nSPS) is 19.0. The minimum Gasteiger partial charge on any atom is -0.464 e. The minimum atomic E-state index is -4.28. The predicted octanol–water partition coefficient (Wildman–Crippen LogP) is 1.74. The number of carbonyl (C=O) groups is 1. The smallest absolute Gasteiger partial charge is 0.441 e. The first kappa shape index (κ1) is 16.1. The Labute approximate surface area is 123 Å². The molecule has 1 aromatic rings. The van der Waals surface area contributed by atoms with E-state index in [9.17, 15) is 18.0 Å². The van der Waals surface area contributed by atoms with E-state index in [1.54, 1.807) is 0 Å². The number of aromatic nitrogens is 3. The van der Waals surface area contributed by atoms with E-state index >= 15 is 0 Å². The molecule has 0 saturated carbocycles. The molecule has 1 fully saturated rings. The molecule has 0 bridgehead atoms. The lowest BCUT2D eigenvalue weighted by Gasteiger charge is -2.14. The summed E-state index contributed by atoms with van der Waals surface area (Å²) in [4.78, 5) is 11.7. The van der Waals surface area contributed by atoms with E-state index in [-0.39, 0.29) is 35.8 Å².